The van der Waals surface area contributed by atoms with Gasteiger partial charge in [0.15, 0.2) is 5.76 Å². The molecule has 2 heterocycles. The lowest BCUT2D eigenvalue weighted by atomic mass is 9.99. The number of carboxylic acid groups (broad SMARTS) is 1. The molecule has 0 spiro atoms. The molecule has 2 aromatic heterocycles. The highest BCUT2D eigenvalue weighted by Crippen LogP contribution is 2.18. The average Bonchev–Trinajstić information content (AvgIpc) is 3.05. The minimum absolute atomic E-state index is 0.185. The first-order chi connectivity index (χ1) is 9.05. The van der Waals surface area contributed by atoms with Crippen molar-refractivity contribution in [2.24, 2.45) is 0 Å². The van der Waals surface area contributed by atoms with E-state index in [9.17, 15) is 4.79 Å². The van der Waals surface area contributed by atoms with Gasteiger partial charge in [0, 0.05) is 0 Å². The Morgan fingerprint density at radius 2 is 2.32 bits per heavy atom. The average molecular weight is 265 g/mol. The predicted molar refractivity (Wildman–Crippen MR) is 65.2 cm³/mol. The maximum absolute atomic E-state index is 11.1. The van der Waals surface area contributed by atoms with Gasteiger partial charge < -0.3 is 13.9 Å². The van der Waals surface area contributed by atoms with E-state index in [1.165, 1.54) is 6.26 Å². The summed E-state index contributed by atoms with van der Waals surface area (Å²) in [7, 11) is 0. The van der Waals surface area contributed by atoms with Crippen LogP contribution in [0, 0.1) is 0 Å². The van der Waals surface area contributed by atoms with Gasteiger partial charge in [0.1, 0.15) is 5.54 Å². The topological polar surface area (TPSA) is 101 Å². The summed E-state index contributed by atoms with van der Waals surface area (Å²) in [6, 6.07) is 3.42. The molecule has 0 fully saturated rings. The van der Waals surface area contributed by atoms with E-state index in [2.05, 4.69) is 15.5 Å². The summed E-state index contributed by atoms with van der Waals surface area (Å²) in [6.07, 6.45) is 1.96. The summed E-state index contributed by atoms with van der Waals surface area (Å²) in [5.74, 6) is 0.152. The van der Waals surface area contributed by atoms with Crippen molar-refractivity contribution in [3.05, 3.63) is 24.3 Å². The molecule has 1 unspecified atom stereocenters. The number of nitrogens with one attached hydrogen (secondary N) is 1. The summed E-state index contributed by atoms with van der Waals surface area (Å²) < 4.78 is 10.5. The molecule has 0 bridgehead atoms. The normalized spacial score (nSPS) is 14.2. The van der Waals surface area contributed by atoms with E-state index >= 15 is 0 Å². The lowest BCUT2D eigenvalue weighted by molar-refractivity contribution is -0.144. The van der Waals surface area contributed by atoms with Gasteiger partial charge in [-0.25, -0.2) is 0 Å². The molecular formula is C12H15N3O4. The number of hydrogen-bond acceptors (Lipinski definition) is 6. The zero-order valence-corrected chi connectivity index (χ0v) is 10.7. The Labute approximate surface area is 109 Å². The smallest absolute Gasteiger partial charge is 0.323 e. The monoisotopic (exact) mass is 265 g/mol. The summed E-state index contributed by atoms with van der Waals surface area (Å²) in [5, 5.41) is 19.7. The molecule has 0 radical (unpaired) electrons. The summed E-state index contributed by atoms with van der Waals surface area (Å²) in [4.78, 5) is 11.1. The Morgan fingerprint density at radius 1 is 1.53 bits per heavy atom. The molecule has 7 heteroatoms. The molecule has 1 atom stereocenters. The SMILES string of the molecule is CCC(C)(NCc1nnc(-c2ccco2)o1)C(=O)O. The number of hydrogen-bond donors (Lipinski definition) is 2. The van der Waals surface area contributed by atoms with Crippen molar-refractivity contribution in [1.82, 2.24) is 15.5 Å². The van der Waals surface area contributed by atoms with Gasteiger partial charge in [0.2, 0.25) is 5.89 Å². The minimum Gasteiger partial charge on any atom is -0.480 e. The molecule has 102 valence electrons. The second-order valence-corrected chi connectivity index (χ2v) is 4.32. The molecule has 2 N–H and O–H groups in total. The second-order valence-electron chi connectivity index (χ2n) is 4.32. The maximum atomic E-state index is 11.1. The third-order valence-corrected chi connectivity index (χ3v) is 3.01. The van der Waals surface area contributed by atoms with Crippen LogP contribution in [0.4, 0.5) is 0 Å². The van der Waals surface area contributed by atoms with Crippen molar-refractivity contribution in [2.75, 3.05) is 0 Å². The van der Waals surface area contributed by atoms with Crippen LogP contribution in [0.15, 0.2) is 27.2 Å². The Balaban J connectivity index is 2.03. The fraction of sp³-hybridized carbons (Fsp3) is 0.417. The van der Waals surface area contributed by atoms with Crippen molar-refractivity contribution in [1.29, 1.82) is 0 Å². The van der Waals surface area contributed by atoms with E-state index in [1.54, 1.807) is 26.0 Å². The van der Waals surface area contributed by atoms with Crippen molar-refractivity contribution in [2.45, 2.75) is 32.4 Å². The standard InChI is InChI=1S/C12H15N3O4/c1-3-12(2,11(16)17)13-7-9-14-15-10(19-9)8-5-4-6-18-8/h4-6,13H,3,7H2,1-2H3,(H,16,17). The molecule has 19 heavy (non-hydrogen) atoms. The molecule has 0 aromatic carbocycles. The van der Waals surface area contributed by atoms with Crippen LogP contribution in [0.2, 0.25) is 0 Å². The van der Waals surface area contributed by atoms with Crippen LogP contribution in [0.3, 0.4) is 0 Å². The van der Waals surface area contributed by atoms with Crippen LogP contribution < -0.4 is 5.32 Å². The number of aromatic nitrogens is 2. The van der Waals surface area contributed by atoms with Gasteiger partial charge in [0.05, 0.1) is 12.8 Å². The Kier molecular flexibility index (Phi) is 3.66. The van der Waals surface area contributed by atoms with Crippen LogP contribution in [0.1, 0.15) is 26.2 Å². The Bertz CT molecular complexity index is 549. The fourth-order valence-electron chi connectivity index (χ4n) is 1.45. The number of nitrogens with zero attached hydrogens (tertiary/aromatic N) is 2. The van der Waals surface area contributed by atoms with E-state index in [0.717, 1.165) is 0 Å². The van der Waals surface area contributed by atoms with Crippen molar-refractivity contribution < 1.29 is 18.7 Å². The first kappa shape index (κ1) is 13.3. The summed E-state index contributed by atoms with van der Waals surface area (Å²) >= 11 is 0. The lowest BCUT2D eigenvalue weighted by Crippen LogP contribution is -2.48. The number of aliphatic carboxylic acids is 1. The van der Waals surface area contributed by atoms with Crippen LogP contribution in [0.5, 0.6) is 0 Å². The molecule has 0 aliphatic carbocycles. The van der Waals surface area contributed by atoms with Gasteiger partial charge in [-0.1, -0.05) is 6.92 Å². The van der Waals surface area contributed by atoms with Gasteiger partial charge in [-0.2, -0.15) is 0 Å². The van der Waals surface area contributed by atoms with E-state index in [-0.39, 0.29) is 12.4 Å². The number of carboxylic acids is 1. The number of furan rings is 1. The number of rotatable bonds is 6. The van der Waals surface area contributed by atoms with Crippen LogP contribution >= 0.6 is 0 Å². The summed E-state index contributed by atoms with van der Waals surface area (Å²) in [5.41, 5.74) is -1.01. The molecule has 0 saturated heterocycles. The van der Waals surface area contributed by atoms with Crippen LogP contribution in [-0.4, -0.2) is 26.8 Å². The molecule has 0 aliphatic heterocycles. The highest BCUT2D eigenvalue weighted by Gasteiger charge is 2.30. The lowest BCUT2D eigenvalue weighted by Gasteiger charge is -2.23. The van der Waals surface area contributed by atoms with Gasteiger partial charge in [-0.15, -0.1) is 10.2 Å². The highest BCUT2D eigenvalue weighted by molar-refractivity contribution is 5.78. The summed E-state index contributed by atoms with van der Waals surface area (Å²) in [6.45, 7) is 3.59. The van der Waals surface area contributed by atoms with E-state index in [1.807, 2.05) is 0 Å². The largest absolute Gasteiger partial charge is 0.480 e. The van der Waals surface area contributed by atoms with Crippen molar-refractivity contribution in [3.8, 4) is 11.7 Å². The van der Waals surface area contributed by atoms with E-state index < -0.39 is 11.5 Å². The zero-order valence-electron chi connectivity index (χ0n) is 10.7. The Hall–Kier alpha value is -2.15. The molecule has 0 aliphatic rings. The van der Waals surface area contributed by atoms with Crippen LogP contribution in [0.25, 0.3) is 11.7 Å². The van der Waals surface area contributed by atoms with Gasteiger partial charge in [-0.05, 0) is 25.5 Å². The van der Waals surface area contributed by atoms with Gasteiger partial charge in [-0.3, -0.25) is 10.1 Å². The predicted octanol–water partition coefficient (Wildman–Crippen LogP) is 1.67. The molecule has 2 aromatic rings. The van der Waals surface area contributed by atoms with Crippen molar-refractivity contribution in [3.63, 3.8) is 0 Å². The molecular weight excluding hydrogens is 250 g/mol. The van der Waals surface area contributed by atoms with Crippen molar-refractivity contribution >= 4 is 5.97 Å². The second kappa shape index (κ2) is 5.23. The molecule has 0 amide bonds. The van der Waals surface area contributed by atoms with Gasteiger partial charge in [0.25, 0.3) is 5.89 Å². The minimum atomic E-state index is -1.01. The zero-order chi connectivity index (χ0) is 13.9. The van der Waals surface area contributed by atoms with E-state index in [4.69, 9.17) is 13.9 Å². The first-order valence-electron chi connectivity index (χ1n) is 5.90. The first-order valence-corrected chi connectivity index (χ1v) is 5.90. The van der Waals surface area contributed by atoms with E-state index in [0.29, 0.717) is 18.1 Å². The Morgan fingerprint density at radius 3 is 2.89 bits per heavy atom. The van der Waals surface area contributed by atoms with Gasteiger partial charge >= 0.3 is 5.97 Å². The number of carbonyl (C=O) groups is 1. The maximum Gasteiger partial charge on any atom is 0.323 e. The molecule has 2 rings (SSSR count). The highest BCUT2D eigenvalue weighted by atomic mass is 16.4. The molecule has 0 saturated carbocycles. The quantitative estimate of drug-likeness (QED) is 0.819. The fourth-order valence-corrected chi connectivity index (χ4v) is 1.45. The third-order valence-electron chi connectivity index (χ3n) is 3.01. The van der Waals surface area contributed by atoms with Crippen LogP contribution in [-0.2, 0) is 11.3 Å². The third kappa shape index (κ3) is 2.82. The molecule has 7 nitrogen and oxygen atoms in total.